The minimum absolute atomic E-state index is 0.132. The van der Waals surface area contributed by atoms with E-state index in [0.29, 0.717) is 12.5 Å². The third kappa shape index (κ3) is 4.29. The van der Waals surface area contributed by atoms with Gasteiger partial charge in [0.2, 0.25) is 0 Å². The van der Waals surface area contributed by atoms with E-state index in [0.717, 1.165) is 37.8 Å². The van der Waals surface area contributed by atoms with E-state index >= 15 is 0 Å². The molecule has 5 nitrogen and oxygen atoms in total. The van der Waals surface area contributed by atoms with Gasteiger partial charge in [-0.15, -0.1) is 0 Å². The summed E-state index contributed by atoms with van der Waals surface area (Å²) in [4.78, 5) is 10.3. The Bertz CT molecular complexity index is 436. The van der Waals surface area contributed by atoms with Gasteiger partial charge in [0.1, 0.15) is 0 Å². The zero-order chi connectivity index (χ0) is 13.7. The molecule has 0 radical (unpaired) electrons. The molecule has 19 heavy (non-hydrogen) atoms. The van der Waals surface area contributed by atoms with E-state index in [4.69, 9.17) is 0 Å². The highest BCUT2D eigenvalue weighted by molar-refractivity contribution is 5.34. The molecule has 2 rings (SSSR count). The average molecular weight is 264 g/mol. The fourth-order valence-corrected chi connectivity index (χ4v) is 2.65. The Balaban J connectivity index is 1.79. The van der Waals surface area contributed by atoms with E-state index in [1.54, 1.807) is 12.1 Å². The lowest BCUT2D eigenvalue weighted by atomic mass is 9.87. The predicted octanol–water partition coefficient (Wildman–Crippen LogP) is 2.24. The van der Waals surface area contributed by atoms with Gasteiger partial charge in [0.05, 0.1) is 11.0 Å². The van der Waals surface area contributed by atoms with Gasteiger partial charge in [-0.25, -0.2) is 0 Å². The number of non-ortho nitro benzene ring substituents is 1. The fraction of sp³-hybridized carbons (Fsp3) is 0.571. The highest BCUT2D eigenvalue weighted by Crippen LogP contribution is 2.23. The lowest BCUT2D eigenvalue weighted by Gasteiger charge is -2.26. The highest BCUT2D eigenvalue weighted by atomic mass is 16.6. The Morgan fingerprint density at radius 1 is 1.42 bits per heavy atom. The topological polar surface area (TPSA) is 75.4 Å². The molecule has 104 valence electrons. The average Bonchev–Trinajstić information content (AvgIpc) is 2.39. The largest absolute Gasteiger partial charge is 0.393 e. The zero-order valence-corrected chi connectivity index (χ0v) is 10.9. The van der Waals surface area contributed by atoms with Crippen LogP contribution in [0.25, 0.3) is 0 Å². The molecule has 2 N–H and O–H groups in total. The normalized spacial score (nSPS) is 23.2. The van der Waals surface area contributed by atoms with Crippen molar-refractivity contribution in [2.75, 3.05) is 6.54 Å². The van der Waals surface area contributed by atoms with Gasteiger partial charge in [-0.2, -0.15) is 0 Å². The first-order valence-electron chi connectivity index (χ1n) is 6.77. The van der Waals surface area contributed by atoms with Gasteiger partial charge in [-0.1, -0.05) is 18.6 Å². The zero-order valence-electron chi connectivity index (χ0n) is 10.9. The predicted molar refractivity (Wildman–Crippen MR) is 72.8 cm³/mol. The molecule has 1 aromatic carbocycles. The maximum absolute atomic E-state index is 10.7. The summed E-state index contributed by atoms with van der Waals surface area (Å²) in [7, 11) is 0. The molecular weight excluding hydrogens is 244 g/mol. The number of hydrogen-bond acceptors (Lipinski definition) is 4. The van der Waals surface area contributed by atoms with Gasteiger partial charge < -0.3 is 10.4 Å². The summed E-state index contributed by atoms with van der Waals surface area (Å²) in [5, 5.41) is 23.6. The first kappa shape index (κ1) is 14.0. The Kier molecular flexibility index (Phi) is 4.87. The van der Waals surface area contributed by atoms with E-state index in [9.17, 15) is 15.2 Å². The van der Waals surface area contributed by atoms with Crippen LogP contribution in [0.3, 0.4) is 0 Å². The first-order valence-corrected chi connectivity index (χ1v) is 6.77. The Hall–Kier alpha value is -1.46. The second kappa shape index (κ2) is 6.63. The van der Waals surface area contributed by atoms with Crippen molar-refractivity contribution in [1.82, 2.24) is 5.32 Å². The third-order valence-corrected chi connectivity index (χ3v) is 3.64. The molecule has 2 atom stereocenters. The van der Waals surface area contributed by atoms with E-state index in [-0.39, 0.29) is 16.7 Å². The molecule has 0 aromatic heterocycles. The summed E-state index contributed by atoms with van der Waals surface area (Å²) in [6.45, 7) is 1.49. The molecule has 0 amide bonds. The molecule has 1 aromatic rings. The van der Waals surface area contributed by atoms with Crippen molar-refractivity contribution in [3.8, 4) is 0 Å². The molecule has 0 saturated heterocycles. The van der Waals surface area contributed by atoms with Crippen LogP contribution in [0, 0.1) is 16.0 Å². The van der Waals surface area contributed by atoms with E-state index < -0.39 is 0 Å². The Morgan fingerprint density at radius 2 is 2.26 bits per heavy atom. The van der Waals surface area contributed by atoms with Crippen LogP contribution < -0.4 is 5.32 Å². The van der Waals surface area contributed by atoms with E-state index in [1.807, 2.05) is 6.07 Å². The fourth-order valence-electron chi connectivity index (χ4n) is 2.65. The summed E-state index contributed by atoms with van der Waals surface area (Å²) in [5.41, 5.74) is 1.05. The molecule has 5 heteroatoms. The highest BCUT2D eigenvalue weighted by Gasteiger charge is 2.19. The third-order valence-electron chi connectivity index (χ3n) is 3.64. The number of benzene rings is 1. The lowest BCUT2D eigenvalue weighted by molar-refractivity contribution is -0.384. The molecule has 1 fully saturated rings. The number of nitro benzene ring substituents is 1. The number of nitrogens with one attached hydrogen (secondary N) is 1. The molecular formula is C14H20N2O3. The summed E-state index contributed by atoms with van der Waals surface area (Å²) >= 11 is 0. The smallest absolute Gasteiger partial charge is 0.269 e. The SMILES string of the molecule is O=[N+]([O-])c1cccc(CNCC2CCCC(O)C2)c1. The van der Waals surface area contributed by atoms with Crippen molar-refractivity contribution >= 4 is 5.69 Å². The number of rotatable bonds is 5. The van der Waals surface area contributed by atoms with Gasteiger partial charge >= 0.3 is 0 Å². The van der Waals surface area contributed by atoms with Crippen LogP contribution in [0.15, 0.2) is 24.3 Å². The maximum atomic E-state index is 10.7. The number of hydrogen-bond donors (Lipinski definition) is 2. The van der Waals surface area contributed by atoms with Crippen molar-refractivity contribution < 1.29 is 10.0 Å². The molecule has 0 spiro atoms. The van der Waals surface area contributed by atoms with Crippen LogP contribution >= 0.6 is 0 Å². The maximum Gasteiger partial charge on any atom is 0.269 e. The minimum atomic E-state index is -0.374. The monoisotopic (exact) mass is 264 g/mol. The Labute approximate surface area is 112 Å². The summed E-state index contributed by atoms with van der Waals surface area (Å²) in [6, 6.07) is 6.69. The van der Waals surface area contributed by atoms with E-state index in [2.05, 4.69) is 5.32 Å². The van der Waals surface area contributed by atoms with Crippen molar-refractivity contribution in [3.63, 3.8) is 0 Å². The number of aliphatic hydroxyl groups excluding tert-OH is 1. The number of nitrogens with zero attached hydrogens (tertiary/aromatic N) is 1. The first-order chi connectivity index (χ1) is 9.15. The molecule has 2 unspecified atom stereocenters. The van der Waals surface area contributed by atoms with Crippen LogP contribution in [0.5, 0.6) is 0 Å². The Morgan fingerprint density at radius 3 is 3.00 bits per heavy atom. The second-order valence-electron chi connectivity index (χ2n) is 5.24. The van der Waals surface area contributed by atoms with Gasteiger partial charge in [-0.3, -0.25) is 10.1 Å². The van der Waals surface area contributed by atoms with Gasteiger partial charge in [-0.05, 0) is 37.3 Å². The van der Waals surface area contributed by atoms with Crippen molar-refractivity contribution in [1.29, 1.82) is 0 Å². The quantitative estimate of drug-likeness (QED) is 0.631. The van der Waals surface area contributed by atoms with Gasteiger partial charge in [0.25, 0.3) is 5.69 Å². The van der Waals surface area contributed by atoms with Crippen LogP contribution in [-0.2, 0) is 6.54 Å². The molecule has 0 aliphatic heterocycles. The van der Waals surface area contributed by atoms with Crippen molar-refractivity contribution in [2.45, 2.75) is 38.3 Å². The van der Waals surface area contributed by atoms with Crippen LogP contribution in [-0.4, -0.2) is 22.7 Å². The summed E-state index contributed by atoms with van der Waals surface area (Å²) < 4.78 is 0. The van der Waals surface area contributed by atoms with Crippen LogP contribution in [0.4, 0.5) is 5.69 Å². The lowest BCUT2D eigenvalue weighted by Crippen LogP contribution is -2.28. The standard InChI is InChI=1S/C14H20N2O3/c17-14-6-2-4-12(8-14)10-15-9-11-3-1-5-13(7-11)16(18)19/h1,3,5,7,12,14-15,17H,2,4,6,8-10H2. The summed E-state index contributed by atoms with van der Waals surface area (Å²) in [6.07, 6.45) is 3.87. The van der Waals surface area contributed by atoms with Crippen molar-refractivity contribution in [3.05, 3.63) is 39.9 Å². The van der Waals surface area contributed by atoms with Crippen molar-refractivity contribution in [2.24, 2.45) is 5.92 Å². The van der Waals surface area contributed by atoms with Crippen LogP contribution in [0.1, 0.15) is 31.2 Å². The minimum Gasteiger partial charge on any atom is -0.393 e. The molecule has 1 aliphatic carbocycles. The number of aliphatic hydroxyl groups is 1. The molecule has 0 bridgehead atoms. The van der Waals surface area contributed by atoms with Crippen LogP contribution in [0.2, 0.25) is 0 Å². The number of nitro groups is 1. The molecule has 0 heterocycles. The summed E-state index contributed by atoms with van der Waals surface area (Å²) in [5.74, 6) is 0.516. The molecule has 1 aliphatic rings. The van der Waals surface area contributed by atoms with E-state index in [1.165, 1.54) is 6.07 Å². The molecule has 1 saturated carbocycles. The second-order valence-corrected chi connectivity index (χ2v) is 5.24. The van der Waals surface area contributed by atoms with Gasteiger partial charge in [0.15, 0.2) is 0 Å². The van der Waals surface area contributed by atoms with Gasteiger partial charge in [0, 0.05) is 18.7 Å².